The van der Waals surface area contributed by atoms with E-state index in [2.05, 4.69) is 5.32 Å². The number of alkyl halides is 3. The number of carbonyl (C=O) groups excluding carboxylic acids is 1. The molecule has 0 aliphatic carbocycles. The molecular weight excluding hydrogens is 263 g/mol. The average molecular weight is 275 g/mol. The number of anilines is 1. The van der Waals surface area contributed by atoms with Gasteiger partial charge in [0.15, 0.2) is 0 Å². The summed E-state index contributed by atoms with van der Waals surface area (Å²) in [6.45, 7) is 1.48. The summed E-state index contributed by atoms with van der Waals surface area (Å²) in [6, 6.07) is 4.20. The molecule has 104 valence electrons. The first-order valence-electron chi connectivity index (χ1n) is 5.40. The van der Waals surface area contributed by atoms with Crippen molar-refractivity contribution in [2.45, 2.75) is 25.9 Å². The van der Waals surface area contributed by atoms with Crippen LogP contribution in [-0.2, 0) is 4.79 Å². The van der Waals surface area contributed by atoms with Crippen molar-refractivity contribution in [1.82, 2.24) is 0 Å². The van der Waals surface area contributed by atoms with Crippen LogP contribution in [0.1, 0.15) is 28.8 Å². The third kappa shape index (κ3) is 4.61. The molecule has 0 aliphatic rings. The quantitative estimate of drug-likeness (QED) is 0.887. The molecule has 0 heterocycles. The molecule has 0 aromatic heterocycles. The highest BCUT2D eigenvalue weighted by molar-refractivity contribution is 5.96. The monoisotopic (exact) mass is 275 g/mol. The van der Waals surface area contributed by atoms with Gasteiger partial charge in [-0.25, -0.2) is 4.79 Å². The van der Waals surface area contributed by atoms with Crippen LogP contribution in [0, 0.1) is 6.92 Å². The van der Waals surface area contributed by atoms with Gasteiger partial charge < -0.3 is 10.4 Å². The SMILES string of the molecule is Cc1c(NC(=O)CCC(F)(F)F)cccc1C(=O)O. The number of hydrogen-bond donors (Lipinski definition) is 2. The van der Waals surface area contributed by atoms with E-state index in [9.17, 15) is 22.8 Å². The minimum atomic E-state index is -4.39. The fourth-order valence-electron chi connectivity index (χ4n) is 1.47. The van der Waals surface area contributed by atoms with Gasteiger partial charge in [-0.3, -0.25) is 4.79 Å². The number of halogens is 3. The molecule has 0 fully saturated rings. The Kier molecular flexibility index (Phi) is 4.52. The van der Waals surface area contributed by atoms with E-state index in [0.29, 0.717) is 5.56 Å². The van der Waals surface area contributed by atoms with E-state index in [4.69, 9.17) is 5.11 Å². The smallest absolute Gasteiger partial charge is 0.389 e. The molecule has 1 aromatic rings. The second-order valence-electron chi connectivity index (χ2n) is 3.95. The molecule has 1 amide bonds. The van der Waals surface area contributed by atoms with Crippen molar-refractivity contribution in [1.29, 1.82) is 0 Å². The molecule has 0 saturated heterocycles. The molecule has 1 rings (SSSR count). The Bertz CT molecular complexity index is 497. The molecule has 0 unspecified atom stereocenters. The van der Waals surface area contributed by atoms with Crippen molar-refractivity contribution < 1.29 is 27.9 Å². The number of amides is 1. The summed E-state index contributed by atoms with van der Waals surface area (Å²) in [5, 5.41) is 11.1. The van der Waals surface area contributed by atoms with Crippen LogP contribution in [0.4, 0.5) is 18.9 Å². The second-order valence-corrected chi connectivity index (χ2v) is 3.95. The zero-order valence-electron chi connectivity index (χ0n) is 10.0. The van der Waals surface area contributed by atoms with E-state index in [-0.39, 0.29) is 11.3 Å². The molecular formula is C12H12F3NO3. The molecule has 0 bridgehead atoms. The standard InChI is InChI=1S/C12H12F3NO3/c1-7-8(11(18)19)3-2-4-9(7)16-10(17)5-6-12(13,14)15/h2-4H,5-6H2,1H3,(H,16,17)(H,18,19). The van der Waals surface area contributed by atoms with Gasteiger partial charge in [0.25, 0.3) is 0 Å². The molecule has 0 atom stereocenters. The van der Waals surface area contributed by atoms with E-state index in [0.717, 1.165) is 0 Å². The van der Waals surface area contributed by atoms with Crippen LogP contribution in [0.5, 0.6) is 0 Å². The number of nitrogens with one attached hydrogen (secondary N) is 1. The number of carbonyl (C=O) groups is 2. The minimum absolute atomic E-state index is 0.00591. The zero-order chi connectivity index (χ0) is 14.6. The summed E-state index contributed by atoms with van der Waals surface area (Å²) in [5.74, 6) is -1.97. The first-order valence-corrected chi connectivity index (χ1v) is 5.40. The maximum Gasteiger partial charge on any atom is 0.389 e. The second kappa shape index (κ2) is 5.73. The van der Waals surface area contributed by atoms with Crippen molar-refractivity contribution >= 4 is 17.6 Å². The van der Waals surface area contributed by atoms with E-state index >= 15 is 0 Å². The first kappa shape index (κ1) is 15.0. The van der Waals surface area contributed by atoms with Gasteiger partial charge in [0.2, 0.25) is 5.91 Å². The van der Waals surface area contributed by atoms with Gasteiger partial charge in [0, 0.05) is 12.1 Å². The Balaban J connectivity index is 2.75. The molecule has 0 radical (unpaired) electrons. The Morgan fingerprint density at radius 1 is 1.32 bits per heavy atom. The number of aromatic carboxylic acids is 1. The Labute approximate surface area is 107 Å². The third-order valence-electron chi connectivity index (χ3n) is 2.47. The van der Waals surface area contributed by atoms with Crippen molar-refractivity contribution in [3.8, 4) is 0 Å². The van der Waals surface area contributed by atoms with E-state index in [1.54, 1.807) is 0 Å². The van der Waals surface area contributed by atoms with Gasteiger partial charge in [-0.2, -0.15) is 13.2 Å². The largest absolute Gasteiger partial charge is 0.478 e. The van der Waals surface area contributed by atoms with Crippen LogP contribution in [-0.4, -0.2) is 23.2 Å². The summed E-state index contributed by atoms with van der Waals surface area (Å²) >= 11 is 0. The van der Waals surface area contributed by atoms with Gasteiger partial charge in [-0.15, -0.1) is 0 Å². The van der Waals surface area contributed by atoms with Crippen LogP contribution < -0.4 is 5.32 Å². The topological polar surface area (TPSA) is 66.4 Å². The molecule has 19 heavy (non-hydrogen) atoms. The van der Waals surface area contributed by atoms with Gasteiger partial charge in [0.1, 0.15) is 0 Å². The predicted octanol–water partition coefficient (Wildman–Crippen LogP) is 2.97. The lowest BCUT2D eigenvalue weighted by Crippen LogP contribution is -2.17. The van der Waals surface area contributed by atoms with Crippen LogP contribution in [0.25, 0.3) is 0 Å². The Hall–Kier alpha value is -2.05. The number of rotatable bonds is 4. The van der Waals surface area contributed by atoms with Crippen LogP contribution in [0.15, 0.2) is 18.2 Å². The highest BCUT2D eigenvalue weighted by Gasteiger charge is 2.28. The lowest BCUT2D eigenvalue weighted by Gasteiger charge is -2.11. The lowest BCUT2D eigenvalue weighted by atomic mass is 10.1. The molecule has 0 aliphatic heterocycles. The van der Waals surface area contributed by atoms with Gasteiger partial charge in [-0.1, -0.05) is 6.07 Å². The summed E-state index contributed by atoms with van der Waals surface area (Å²) in [6.07, 6.45) is -6.30. The summed E-state index contributed by atoms with van der Waals surface area (Å²) < 4.78 is 35.8. The maximum absolute atomic E-state index is 11.9. The molecule has 1 aromatic carbocycles. The summed E-state index contributed by atoms with van der Waals surface area (Å²) in [7, 11) is 0. The normalized spacial score (nSPS) is 11.2. The van der Waals surface area contributed by atoms with Gasteiger partial charge in [0.05, 0.1) is 12.0 Å². The highest BCUT2D eigenvalue weighted by atomic mass is 19.4. The van der Waals surface area contributed by atoms with Crippen LogP contribution in [0.3, 0.4) is 0 Å². The lowest BCUT2D eigenvalue weighted by molar-refractivity contribution is -0.142. The average Bonchev–Trinajstić information content (AvgIpc) is 2.28. The number of benzene rings is 1. The van der Waals surface area contributed by atoms with Crippen LogP contribution >= 0.6 is 0 Å². The van der Waals surface area contributed by atoms with Crippen molar-refractivity contribution in [2.75, 3.05) is 5.32 Å². The van der Waals surface area contributed by atoms with E-state index < -0.39 is 30.9 Å². The fraction of sp³-hybridized carbons (Fsp3) is 0.333. The highest BCUT2D eigenvalue weighted by Crippen LogP contribution is 2.23. The number of carboxylic acids is 1. The maximum atomic E-state index is 11.9. The van der Waals surface area contributed by atoms with Crippen molar-refractivity contribution in [2.24, 2.45) is 0 Å². The van der Waals surface area contributed by atoms with Gasteiger partial charge >= 0.3 is 12.1 Å². The first-order chi connectivity index (χ1) is 8.70. The summed E-state index contributed by atoms with van der Waals surface area (Å²) in [5.41, 5.74) is 0.496. The van der Waals surface area contributed by atoms with Gasteiger partial charge in [-0.05, 0) is 24.6 Å². The Morgan fingerprint density at radius 3 is 2.47 bits per heavy atom. The number of hydrogen-bond acceptors (Lipinski definition) is 2. The van der Waals surface area contributed by atoms with Crippen LogP contribution in [0.2, 0.25) is 0 Å². The Morgan fingerprint density at radius 2 is 1.95 bits per heavy atom. The molecule has 2 N–H and O–H groups in total. The third-order valence-corrected chi connectivity index (χ3v) is 2.47. The van der Waals surface area contributed by atoms with E-state index in [1.807, 2.05) is 0 Å². The zero-order valence-corrected chi connectivity index (χ0v) is 10.0. The number of carboxylic acid groups (broad SMARTS) is 1. The molecule has 4 nitrogen and oxygen atoms in total. The molecule has 0 saturated carbocycles. The minimum Gasteiger partial charge on any atom is -0.478 e. The van der Waals surface area contributed by atoms with Crippen molar-refractivity contribution in [3.63, 3.8) is 0 Å². The van der Waals surface area contributed by atoms with E-state index in [1.165, 1.54) is 25.1 Å². The van der Waals surface area contributed by atoms with Crippen molar-refractivity contribution in [3.05, 3.63) is 29.3 Å². The fourth-order valence-corrected chi connectivity index (χ4v) is 1.47. The molecule has 0 spiro atoms. The summed E-state index contributed by atoms with van der Waals surface area (Å²) in [4.78, 5) is 22.2. The molecule has 7 heteroatoms. The predicted molar refractivity (Wildman–Crippen MR) is 62.1 cm³/mol.